The summed E-state index contributed by atoms with van der Waals surface area (Å²) in [6, 6.07) is 4.08. The number of thiophene rings is 1. The second-order valence-electron chi connectivity index (χ2n) is 2.44. The Bertz CT molecular complexity index is 316. The van der Waals surface area contributed by atoms with Crippen LogP contribution < -0.4 is 0 Å². The van der Waals surface area contributed by atoms with E-state index >= 15 is 0 Å². The maximum atomic E-state index is 10.8. The molecule has 0 aliphatic carbocycles. The molecule has 0 atom stereocenters. The molecule has 0 aromatic carbocycles. The number of hydrogen-bond donors (Lipinski definition) is 0. The number of rotatable bonds is 2. The summed E-state index contributed by atoms with van der Waals surface area (Å²) in [5.41, 5.74) is 0. The summed E-state index contributed by atoms with van der Waals surface area (Å²) in [4.78, 5) is 16.0. The van der Waals surface area contributed by atoms with Gasteiger partial charge in [-0.3, -0.25) is 4.79 Å². The molecule has 2 heterocycles. The highest BCUT2D eigenvalue weighted by atomic mass is 32.2. The van der Waals surface area contributed by atoms with Crippen LogP contribution in [0.25, 0.3) is 0 Å². The SMILES string of the molecule is O=C1CSC(Cc2cccs2)=N1. The van der Waals surface area contributed by atoms with Gasteiger partial charge in [0, 0.05) is 11.3 Å². The van der Waals surface area contributed by atoms with Crippen molar-refractivity contribution in [2.45, 2.75) is 6.42 Å². The molecule has 1 aromatic heterocycles. The molecule has 1 amide bonds. The summed E-state index contributed by atoms with van der Waals surface area (Å²) in [7, 11) is 0. The number of amides is 1. The first-order chi connectivity index (χ1) is 5.84. The number of carbonyl (C=O) groups excluding carboxylic acids is 1. The molecule has 62 valence electrons. The van der Waals surface area contributed by atoms with Crippen LogP contribution in [0.3, 0.4) is 0 Å². The van der Waals surface area contributed by atoms with Gasteiger partial charge < -0.3 is 0 Å². The maximum Gasteiger partial charge on any atom is 0.256 e. The van der Waals surface area contributed by atoms with Crippen LogP contribution in [-0.4, -0.2) is 16.7 Å². The predicted molar refractivity (Wildman–Crippen MR) is 52.9 cm³/mol. The summed E-state index contributed by atoms with van der Waals surface area (Å²) in [5.74, 6) is 0.535. The van der Waals surface area contributed by atoms with Gasteiger partial charge in [-0.15, -0.1) is 23.1 Å². The second kappa shape index (κ2) is 3.41. The van der Waals surface area contributed by atoms with Crippen molar-refractivity contribution < 1.29 is 4.79 Å². The van der Waals surface area contributed by atoms with Crippen LogP contribution in [0.5, 0.6) is 0 Å². The van der Waals surface area contributed by atoms with E-state index in [0.717, 1.165) is 11.5 Å². The topological polar surface area (TPSA) is 29.4 Å². The van der Waals surface area contributed by atoms with Crippen LogP contribution >= 0.6 is 23.1 Å². The second-order valence-corrected chi connectivity index (χ2v) is 4.52. The Balaban J connectivity index is 2.05. The van der Waals surface area contributed by atoms with Crippen molar-refractivity contribution in [2.24, 2.45) is 4.99 Å². The summed E-state index contributed by atoms with van der Waals surface area (Å²) in [6.07, 6.45) is 0.827. The van der Waals surface area contributed by atoms with E-state index in [0.29, 0.717) is 5.75 Å². The average molecular weight is 197 g/mol. The molecule has 1 aliphatic heterocycles. The van der Waals surface area contributed by atoms with Gasteiger partial charge in [-0.25, -0.2) is 4.99 Å². The molecule has 2 rings (SSSR count). The van der Waals surface area contributed by atoms with Crippen molar-refractivity contribution in [2.75, 3.05) is 5.75 Å². The first kappa shape index (κ1) is 8.01. The van der Waals surface area contributed by atoms with Crippen LogP contribution in [0, 0.1) is 0 Å². The Hall–Kier alpha value is -0.610. The first-order valence-corrected chi connectivity index (χ1v) is 5.47. The molecule has 0 saturated heterocycles. The van der Waals surface area contributed by atoms with Crippen LogP contribution in [0.15, 0.2) is 22.5 Å². The van der Waals surface area contributed by atoms with E-state index in [9.17, 15) is 4.79 Å². The monoisotopic (exact) mass is 197 g/mol. The highest BCUT2D eigenvalue weighted by Crippen LogP contribution is 2.19. The predicted octanol–water partition coefficient (Wildman–Crippen LogP) is 1.96. The lowest BCUT2D eigenvalue weighted by Gasteiger charge is -1.92. The highest BCUT2D eigenvalue weighted by Gasteiger charge is 2.14. The smallest absolute Gasteiger partial charge is 0.256 e. The summed E-state index contributed by atoms with van der Waals surface area (Å²) in [6.45, 7) is 0. The molecule has 0 bridgehead atoms. The zero-order valence-electron chi connectivity index (χ0n) is 6.32. The fraction of sp³-hybridized carbons (Fsp3) is 0.250. The van der Waals surface area contributed by atoms with Crippen LogP contribution in [0.4, 0.5) is 0 Å². The van der Waals surface area contributed by atoms with E-state index in [4.69, 9.17) is 0 Å². The Kier molecular flexibility index (Phi) is 2.28. The molecule has 0 spiro atoms. The van der Waals surface area contributed by atoms with E-state index in [-0.39, 0.29) is 5.91 Å². The Morgan fingerprint density at radius 1 is 1.58 bits per heavy atom. The van der Waals surface area contributed by atoms with E-state index in [2.05, 4.69) is 11.1 Å². The number of thioether (sulfide) groups is 1. The summed E-state index contributed by atoms with van der Waals surface area (Å²) >= 11 is 3.26. The van der Waals surface area contributed by atoms with Crippen LogP contribution in [0.1, 0.15) is 4.88 Å². The van der Waals surface area contributed by atoms with E-state index < -0.39 is 0 Å². The molecule has 0 unspecified atom stereocenters. The molecular formula is C8H7NOS2. The Morgan fingerprint density at radius 2 is 2.50 bits per heavy atom. The molecule has 0 fully saturated rings. The van der Waals surface area contributed by atoms with Gasteiger partial charge in [0.1, 0.15) is 0 Å². The van der Waals surface area contributed by atoms with E-state index in [1.807, 2.05) is 11.4 Å². The molecular weight excluding hydrogens is 190 g/mol. The van der Waals surface area contributed by atoms with E-state index in [1.54, 1.807) is 23.1 Å². The maximum absolute atomic E-state index is 10.8. The quantitative estimate of drug-likeness (QED) is 0.725. The van der Waals surface area contributed by atoms with Gasteiger partial charge >= 0.3 is 0 Å². The van der Waals surface area contributed by atoms with E-state index in [1.165, 1.54) is 4.88 Å². The van der Waals surface area contributed by atoms with Gasteiger partial charge in [-0.05, 0) is 11.4 Å². The molecule has 12 heavy (non-hydrogen) atoms. The molecule has 0 N–H and O–H groups in total. The molecule has 2 nitrogen and oxygen atoms in total. The normalized spacial score (nSPS) is 16.7. The fourth-order valence-electron chi connectivity index (χ4n) is 1.00. The molecule has 4 heteroatoms. The largest absolute Gasteiger partial charge is 0.272 e. The average Bonchev–Trinajstić information content (AvgIpc) is 2.63. The van der Waals surface area contributed by atoms with Crippen LogP contribution in [-0.2, 0) is 11.2 Å². The Morgan fingerprint density at radius 3 is 3.08 bits per heavy atom. The third kappa shape index (κ3) is 1.76. The molecule has 1 aliphatic rings. The standard InChI is InChI=1S/C8H7NOS2/c10-7-5-12-8(9-7)4-6-2-1-3-11-6/h1-3H,4-5H2. The van der Waals surface area contributed by atoms with Gasteiger partial charge in [0.05, 0.1) is 10.8 Å². The highest BCUT2D eigenvalue weighted by molar-refractivity contribution is 8.15. The van der Waals surface area contributed by atoms with Crippen molar-refractivity contribution in [3.8, 4) is 0 Å². The van der Waals surface area contributed by atoms with Crippen molar-refractivity contribution in [3.05, 3.63) is 22.4 Å². The van der Waals surface area contributed by atoms with Gasteiger partial charge in [0.2, 0.25) is 0 Å². The molecule has 0 saturated carbocycles. The zero-order valence-corrected chi connectivity index (χ0v) is 7.95. The first-order valence-electron chi connectivity index (χ1n) is 3.60. The van der Waals surface area contributed by atoms with Gasteiger partial charge in [-0.2, -0.15) is 0 Å². The third-order valence-electron chi connectivity index (χ3n) is 1.52. The lowest BCUT2D eigenvalue weighted by molar-refractivity contribution is -0.115. The van der Waals surface area contributed by atoms with Gasteiger partial charge in [0.25, 0.3) is 5.91 Å². The van der Waals surface area contributed by atoms with Crippen molar-refractivity contribution in [3.63, 3.8) is 0 Å². The minimum absolute atomic E-state index is 0.00607. The number of nitrogens with zero attached hydrogens (tertiary/aromatic N) is 1. The number of aliphatic imine (C=N–C) groups is 1. The van der Waals surface area contributed by atoms with Crippen molar-refractivity contribution >= 4 is 34.0 Å². The molecule has 0 radical (unpaired) electrons. The lowest BCUT2D eigenvalue weighted by Crippen LogP contribution is -1.91. The third-order valence-corrected chi connectivity index (χ3v) is 3.35. The molecule has 1 aromatic rings. The zero-order chi connectivity index (χ0) is 8.39. The van der Waals surface area contributed by atoms with Gasteiger partial charge in [-0.1, -0.05) is 6.07 Å². The van der Waals surface area contributed by atoms with Crippen molar-refractivity contribution in [1.82, 2.24) is 0 Å². The minimum atomic E-state index is 0.00607. The number of hydrogen-bond acceptors (Lipinski definition) is 3. The van der Waals surface area contributed by atoms with Crippen LogP contribution in [0.2, 0.25) is 0 Å². The lowest BCUT2D eigenvalue weighted by atomic mass is 10.4. The Labute approximate surface area is 78.7 Å². The number of carbonyl (C=O) groups is 1. The summed E-state index contributed by atoms with van der Waals surface area (Å²) < 4.78 is 0. The minimum Gasteiger partial charge on any atom is -0.272 e. The fourth-order valence-corrected chi connectivity index (χ4v) is 2.58. The van der Waals surface area contributed by atoms with Gasteiger partial charge in [0.15, 0.2) is 0 Å². The van der Waals surface area contributed by atoms with Crippen molar-refractivity contribution in [1.29, 1.82) is 0 Å². The summed E-state index contributed by atoms with van der Waals surface area (Å²) in [5, 5.41) is 3.00.